The molecule has 4 rings (SSSR count). The highest BCUT2D eigenvalue weighted by molar-refractivity contribution is 5.81. The Morgan fingerprint density at radius 2 is 1.42 bits per heavy atom. The zero-order chi connectivity index (χ0) is 16.4. The van der Waals surface area contributed by atoms with Gasteiger partial charge in [0.1, 0.15) is 0 Å². The van der Waals surface area contributed by atoms with Crippen LogP contribution < -0.4 is 10.6 Å². The number of fused-ring (bicyclic) bond motifs is 1. The number of aromatic nitrogens is 2. The molecule has 0 aliphatic heterocycles. The highest BCUT2D eigenvalue weighted by Gasteiger charge is 2.06. The van der Waals surface area contributed by atoms with E-state index in [0.717, 1.165) is 34.0 Å². The quantitative estimate of drug-likeness (QED) is 0.475. The van der Waals surface area contributed by atoms with Crippen LogP contribution in [0.25, 0.3) is 11.0 Å². The van der Waals surface area contributed by atoms with Crippen LogP contribution in [0, 0.1) is 6.92 Å². The first-order valence-electron chi connectivity index (χ1n) is 7.92. The number of anilines is 4. The van der Waals surface area contributed by atoms with Gasteiger partial charge in [0, 0.05) is 5.69 Å². The number of benzene rings is 3. The number of aromatic amines is 1. The molecule has 118 valence electrons. The maximum Gasteiger partial charge on any atom is 0.205 e. The first kappa shape index (κ1) is 14.3. The first-order valence-corrected chi connectivity index (χ1v) is 7.92. The van der Waals surface area contributed by atoms with Gasteiger partial charge in [0.05, 0.1) is 22.4 Å². The van der Waals surface area contributed by atoms with Gasteiger partial charge in [-0.2, -0.15) is 0 Å². The summed E-state index contributed by atoms with van der Waals surface area (Å²) in [6.45, 7) is 2.08. The predicted molar refractivity (Wildman–Crippen MR) is 100 cm³/mol. The van der Waals surface area contributed by atoms with Crippen LogP contribution in [0.3, 0.4) is 0 Å². The molecular weight excluding hydrogens is 296 g/mol. The van der Waals surface area contributed by atoms with Crippen molar-refractivity contribution >= 4 is 34.0 Å². The molecule has 0 bridgehead atoms. The molecule has 3 aromatic carbocycles. The third-order valence-corrected chi connectivity index (χ3v) is 3.90. The summed E-state index contributed by atoms with van der Waals surface area (Å²) < 4.78 is 0. The van der Waals surface area contributed by atoms with E-state index in [9.17, 15) is 0 Å². The average Bonchev–Trinajstić information content (AvgIpc) is 3.01. The van der Waals surface area contributed by atoms with E-state index in [1.54, 1.807) is 0 Å². The number of H-pyrrole nitrogens is 1. The molecule has 0 radical (unpaired) electrons. The molecule has 1 heterocycles. The predicted octanol–water partition coefficient (Wildman–Crippen LogP) is 5.36. The summed E-state index contributed by atoms with van der Waals surface area (Å²) in [6, 6.07) is 24.4. The standard InChI is InChI=1S/C20H18N4/c1-14-10-12-15(13-11-14)21-16-6-2-3-7-17(16)22-20-23-18-8-4-5-9-19(18)24-20/h2-13,21H,1H3,(H2,22,23,24). The number of nitrogens with one attached hydrogen (secondary N) is 3. The van der Waals surface area contributed by atoms with E-state index >= 15 is 0 Å². The summed E-state index contributed by atoms with van der Waals surface area (Å²) >= 11 is 0. The maximum atomic E-state index is 4.57. The van der Waals surface area contributed by atoms with Crippen LogP contribution in [0.5, 0.6) is 0 Å². The zero-order valence-electron chi connectivity index (χ0n) is 13.4. The number of nitrogens with zero attached hydrogens (tertiary/aromatic N) is 1. The van der Waals surface area contributed by atoms with Crippen LogP contribution in [0.15, 0.2) is 72.8 Å². The topological polar surface area (TPSA) is 52.7 Å². The molecule has 1 aromatic heterocycles. The first-order chi connectivity index (χ1) is 11.8. The van der Waals surface area contributed by atoms with Gasteiger partial charge in [-0.3, -0.25) is 0 Å². The summed E-state index contributed by atoms with van der Waals surface area (Å²) in [6.07, 6.45) is 0. The highest BCUT2D eigenvalue weighted by Crippen LogP contribution is 2.28. The molecule has 4 aromatic rings. The Hall–Kier alpha value is -3.27. The van der Waals surface area contributed by atoms with Gasteiger partial charge in [0.15, 0.2) is 0 Å². The van der Waals surface area contributed by atoms with Crippen LogP contribution in [-0.2, 0) is 0 Å². The van der Waals surface area contributed by atoms with E-state index < -0.39 is 0 Å². The molecule has 0 aliphatic rings. The SMILES string of the molecule is Cc1ccc(Nc2ccccc2Nc2nc3ccccc3[nH]2)cc1. The fourth-order valence-corrected chi connectivity index (χ4v) is 2.63. The van der Waals surface area contributed by atoms with Crippen LogP contribution in [0.4, 0.5) is 23.0 Å². The summed E-state index contributed by atoms with van der Waals surface area (Å²) in [4.78, 5) is 7.87. The highest BCUT2D eigenvalue weighted by atomic mass is 15.1. The molecule has 0 unspecified atom stereocenters. The number of imidazole rings is 1. The van der Waals surface area contributed by atoms with Crippen molar-refractivity contribution in [3.05, 3.63) is 78.4 Å². The molecular formula is C20H18N4. The Labute approximate surface area is 140 Å². The lowest BCUT2D eigenvalue weighted by Crippen LogP contribution is -1.98. The molecule has 0 spiro atoms. The Morgan fingerprint density at radius 3 is 2.17 bits per heavy atom. The van der Waals surface area contributed by atoms with E-state index in [2.05, 4.69) is 51.8 Å². The second-order valence-corrected chi connectivity index (χ2v) is 5.76. The Balaban J connectivity index is 1.62. The summed E-state index contributed by atoms with van der Waals surface area (Å²) in [5.74, 6) is 0.731. The average molecular weight is 314 g/mol. The normalized spacial score (nSPS) is 10.7. The van der Waals surface area contributed by atoms with Gasteiger partial charge in [-0.25, -0.2) is 4.98 Å². The van der Waals surface area contributed by atoms with Gasteiger partial charge >= 0.3 is 0 Å². The molecule has 0 saturated heterocycles. The van der Waals surface area contributed by atoms with Crippen molar-refractivity contribution < 1.29 is 0 Å². The van der Waals surface area contributed by atoms with Gasteiger partial charge in [-0.1, -0.05) is 42.0 Å². The summed E-state index contributed by atoms with van der Waals surface area (Å²) in [5.41, 5.74) is 6.24. The lowest BCUT2D eigenvalue weighted by Gasteiger charge is -2.12. The van der Waals surface area contributed by atoms with Crippen molar-refractivity contribution in [2.24, 2.45) is 0 Å². The molecule has 0 amide bonds. The Kier molecular flexibility index (Phi) is 3.63. The molecule has 0 atom stereocenters. The van der Waals surface area contributed by atoms with Gasteiger partial charge in [0.2, 0.25) is 5.95 Å². The third kappa shape index (κ3) is 2.94. The number of aryl methyl sites for hydroxylation is 1. The van der Waals surface area contributed by atoms with Gasteiger partial charge < -0.3 is 15.6 Å². The van der Waals surface area contributed by atoms with Crippen molar-refractivity contribution in [2.75, 3.05) is 10.6 Å². The van der Waals surface area contributed by atoms with Crippen LogP contribution in [0.1, 0.15) is 5.56 Å². The molecule has 3 N–H and O–H groups in total. The van der Waals surface area contributed by atoms with E-state index in [-0.39, 0.29) is 0 Å². The fraction of sp³-hybridized carbons (Fsp3) is 0.0500. The van der Waals surface area contributed by atoms with E-state index in [1.165, 1.54) is 5.56 Å². The van der Waals surface area contributed by atoms with Crippen LogP contribution in [0.2, 0.25) is 0 Å². The lowest BCUT2D eigenvalue weighted by atomic mass is 10.2. The summed E-state index contributed by atoms with van der Waals surface area (Å²) in [7, 11) is 0. The number of hydrogen-bond acceptors (Lipinski definition) is 3. The minimum atomic E-state index is 0.731. The minimum Gasteiger partial charge on any atom is -0.354 e. The van der Waals surface area contributed by atoms with Crippen LogP contribution >= 0.6 is 0 Å². The molecule has 4 nitrogen and oxygen atoms in total. The largest absolute Gasteiger partial charge is 0.354 e. The van der Waals surface area contributed by atoms with Gasteiger partial charge in [0.25, 0.3) is 0 Å². The minimum absolute atomic E-state index is 0.731. The number of rotatable bonds is 4. The maximum absolute atomic E-state index is 4.57. The van der Waals surface area contributed by atoms with Crippen molar-refractivity contribution in [3.63, 3.8) is 0 Å². The second-order valence-electron chi connectivity index (χ2n) is 5.76. The molecule has 24 heavy (non-hydrogen) atoms. The lowest BCUT2D eigenvalue weighted by molar-refractivity contribution is 1.31. The Morgan fingerprint density at radius 1 is 0.750 bits per heavy atom. The zero-order valence-corrected chi connectivity index (χ0v) is 13.4. The molecule has 4 heteroatoms. The van der Waals surface area contributed by atoms with Gasteiger partial charge in [-0.15, -0.1) is 0 Å². The molecule has 0 aliphatic carbocycles. The Bertz CT molecular complexity index is 937. The summed E-state index contributed by atoms with van der Waals surface area (Å²) in [5, 5.41) is 6.81. The van der Waals surface area contributed by atoms with Crippen molar-refractivity contribution in [1.82, 2.24) is 9.97 Å². The monoisotopic (exact) mass is 314 g/mol. The van der Waals surface area contributed by atoms with E-state index in [1.807, 2.05) is 48.5 Å². The van der Waals surface area contributed by atoms with E-state index in [0.29, 0.717) is 0 Å². The van der Waals surface area contributed by atoms with E-state index in [4.69, 9.17) is 0 Å². The van der Waals surface area contributed by atoms with Crippen molar-refractivity contribution in [3.8, 4) is 0 Å². The van der Waals surface area contributed by atoms with Crippen LogP contribution in [-0.4, -0.2) is 9.97 Å². The second kappa shape index (κ2) is 6.08. The smallest absolute Gasteiger partial charge is 0.205 e. The van der Waals surface area contributed by atoms with Gasteiger partial charge in [-0.05, 0) is 43.3 Å². The van der Waals surface area contributed by atoms with Crippen molar-refractivity contribution in [1.29, 1.82) is 0 Å². The molecule has 0 fully saturated rings. The third-order valence-electron chi connectivity index (χ3n) is 3.90. The molecule has 0 saturated carbocycles. The van der Waals surface area contributed by atoms with Crippen molar-refractivity contribution in [2.45, 2.75) is 6.92 Å². The fourth-order valence-electron chi connectivity index (χ4n) is 2.63. The number of para-hydroxylation sites is 4. The number of hydrogen-bond donors (Lipinski definition) is 3.